The van der Waals surface area contributed by atoms with E-state index in [1.54, 1.807) is 12.1 Å². The van der Waals surface area contributed by atoms with E-state index in [0.717, 1.165) is 5.56 Å². The molecule has 1 heterocycles. The summed E-state index contributed by atoms with van der Waals surface area (Å²) in [6.07, 6.45) is -1.56. The third-order valence-corrected chi connectivity index (χ3v) is 5.23. The van der Waals surface area contributed by atoms with E-state index in [1.165, 1.54) is 4.90 Å². The molecular formula is C18H22Cl2N2O3. The van der Waals surface area contributed by atoms with E-state index in [1.807, 2.05) is 26.8 Å². The number of hydrogen-bond acceptors (Lipinski definition) is 3. The van der Waals surface area contributed by atoms with Crippen molar-refractivity contribution in [1.29, 1.82) is 5.26 Å². The number of amides is 1. The lowest BCUT2D eigenvalue weighted by Gasteiger charge is -2.33. The summed E-state index contributed by atoms with van der Waals surface area (Å²) in [5, 5.41) is 19.6. The number of halogens is 2. The van der Waals surface area contributed by atoms with Gasteiger partial charge in [-0.2, -0.15) is 5.26 Å². The van der Waals surface area contributed by atoms with Gasteiger partial charge >= 0.3 is 6.09 Å². The minimum atomic E-state index is -1.000. The SMILES string of the molecule is CC(C)(C)C1CN(C(=O)O)C[C@@H](c2ccc(Cl)c(Cl)c2)[C@H](CC#N)O1. The van der Waals surface area contributed by atoms with Gasteiger partial charge in [0.05, 0.1) is 41.3 Å². The average Bonchev–Trinajstić information content (AvgIpc) is 2.70. The van der Waals surface area contributed by atoms with Crippen molar-refractivity contribution in [1.82, 2.24) is 4.90 Å². The van der Waals surface area contributed by atoms with E-state index in [4.69, 9.17) is 27.9 Å². The molecule has 7 heteroatoms. The van der Waals surface area contributed by atoms with Gasteiger partial charge in [0.15, 0.2) is 0 Å². The minimum Gasteiger partial charge on any atom is -0.465 e. The lowest BCUT2D eigenvalue weighted by molar-refractivity contribution is -0.0638. The number of nitrogens with zero attached hydrogens (tertiary/aromatic N) is 2. The highest BCUT2D eigenvalue weighted by Gasteiger charge is 2.39. The summed E-state index contributed by atoms with van der Waals surface area (Å²) in [5.74, 6) is -0.294. The minimum absolute atomic E-state index is 0.172. The Bertz CT molecular complexity index is 682. The zero-order valence-electron chi connectivity index (χ0n) is 14.5. The van der Waals surface area contributed by atoms with Crippen molar-refractivity contribution in [2.45, 2.75) is 45.3 Å². The van der Waals surface area contributed by atoms with Crippen molar-refractivity contribution < 1.29 is 14.6 Å². The molecule has 25 heavy (non-hydrogen) atoms. The second-order valence-corrected chi connectivity index (χ2v) is 8.17. The summed E-state index contributed by atoms with van der Waals surface area (Å²) < 4.78 is 6.23. The number of carbonyl (C=O) groups is 1. The van der Waals surface area contributed by atoms with Crippen LogP contribution in [-0.4, -0.2) is 41.4 Å². The van der Waals surface area contributed by atoms with Crippen LogP contribution < -0.4 is 0 Å². The Morgan fingerprint density at radius 3 is 2.56 bits per heavy atom. The van der Waals surface area contributed by atoms with Crippen LogP contribution in [0.3, 0.4) is 0 Å². The molecule has 0 aliphatic carbocycles. The summed E-state index contributed by atoms with van der Waals surface area (Å²) >= 11 is 12.1. The van der Waals surface area contributed by atoms with E-state index >= 15 is 0 Å². The topological polar surface area (TPSA) is 73.6 Å². The Balaban J connectivity index is 2.45. The fourth-order valence-electron chi connectivity index (χ4n) is 2.96. The van der Waals surface area contributed by atoms with Crippen molar-refractivity contribution in [2.24, 2.45) is 5.41 Å². The smallest absolute Gasteiger partial charge is 0.407 e. The first-order valence-corrected chi connectivity index (χ1v) is 8.84. The Labute approximate surface area is 158 Å². The maximum atomic E-state index is 11.7. The second kappa shape index (κ2) is 7.82. The molecule has 1 N–H and O–H groups in total. The number of benzene rings is 1. The number of hydrogen-bond donors (Lipinski definition) is 1. The molecule has 0 saturated carbocycles. The molecule has 3 atom stereocenters. The zero-order valence-corrected chi connectivity index (χ0v) is 16.0. The first-order chi connectivity index (χ1) is 11.6. The molecule has 0 spiro atoms. The van der Waals surface area contributed by atoms with Crippen LogP contribution in [0.15, 0.2) is 18.2 Å². The highest BCUT2D eigenvalue weighted by atomic mass is 35.5. The van der Waals surface area contributed by atoms with Crippen LogP contribution in [0.1, 0.15) is 38.7 Å². The molecule has 0 radical (unpaired) electrons. The lowest BCUT2D eigenvalue weighted by Crippen LogP contribution is -2.42. The summed E-state index contributed by atoms with van der Waals surface area (Å²) in [4.78, 5) is 13.1. The fraction of sp³-hybridized carbons (Fsp3) is 0.556. The number of carboxylic acid groups (broad SMARTS) is 1. The van der Waals surface area contributed by atoms with Gasteiger partial charge in [0, 0.05) is 12.5 Å². The molecule has 1 unspecified atom stereocenters. The highest BCUT2D eigenvalue weighted by molar-refractivity contribution is 6.42. The maximum Gasteiger partial charge on any atom is 0.407 e. The van der Waals surface area contributed by atoms with Crippen LogP contribution in [0.2, 0.25) is 10.0 Å². The molecule has 0 aromatic heterocycles. The molecule has 136 valence electrons. The van der Waals surface area contributed by atoms with E-state index in [9.17, 15) is 15.2 Å². The van der Waals surface area contributed by atoms with Gasteiger partial charge in [-0.25, -0.2) is 4.79 Å². The largest absolute Gasteiger partial charge is 0.465 e. The van der Waals surface area contributed by atoms with Crippen LogP contribution in [0, 0.1) is 16.7 Å². The molecule has 1 saturated heterocycles. The van der Waals surface area contributed by atoms with Crippen LogP contribution in [0.25, 0.3) is 0 Å². The molecule has 1 aromatic rings. The highest BCUT2D eigenvalue weighted by Crippen LogP contribution is 2.36. The normalized spacial score (nSPS) is 24.5. The van der Waals surface area contributed by atoms with Gasteiger partial charge in [-0.05, 0) is 23.1 Å². The van der Waals surface area contributed by atoms with Crippen LogP contribution in [0.5, 0.6) is 0 Å². The molecular weight excluding hydrogens is 363 g/mol. The standard InChI is InChI=1S/C18H22Cl2N2O3/c1-18(2,3)16-10-22(17(23)24)9-12(15(25-16)6-7-21)11-4-5-13(19)14(20)8-11/h4-5,8,12,15-16H,6,9-10H2,1-3H3,(H,23,24)/t12-,15-,16?/m0/s1. The Hall–Kier alpha value is -1.48. The average molecular weight is 385 g/mol. The van der Waals surface area contributed by atoms with Crippen molar-refractivity contribution in [3.63, 3.8) is 0 Å². The summed E-state index contributed by atoms with van der Waals surface area (Å²) in [5.41, 5.74) is 0.559. The molecule has 0 bridgehead atoms. The predicted octanol–water partition coefficient (Wildman–Crippen LogP) is 4.78. The quantitative estimate of drug-likeness (QED) is 0.795. The molecule has 1 aliphatic heterocycles. The van der Waals surface area contributed by atoms with Gasteiger partial charge in [0.1, 0.15) is 0 Å². The number of rotatable bonds is 2. The molecule has 1 aliphatic rings. The first kappa shape index (κ1) is 19.8. The Kier molecular flexibility index (Phi) is 6.21. The summed E-state index contributed by atoms with van der Waals surface area (Å²) in [7, 11) is 0. The lowest BCUT2D eigenvalue weighted by atomic mass is 9.88. The number of nitriles is 1. The maximum absolute atomic E-state index is 11.7. The van der Waals surface area contributed by atoms with E-state index in [0.29, 0.717) is 10.0 Å². The van der Waals surface area contributed by atoms with Gasteiger partial charge < -0.3 is 14.7 Å². The molecule has 1 amide bonds. The van der Waals surface area contributed by atoms with E-state index in [-0.39, 0.29) is 36.9 Å². The molecule has 5 nitrogen and oxygen atoms in total. The van der Waals surface area contributed by atoms with E-state index < -0.39 is 12.2 Å². The zero-order chi connectivity index (χ0) is 18.8. The molecule has 1 aromatic carbocycles. The van der Waals surface area contributed by atoms with Crippen molar-refractivity contribution in [3.05, 3.63) is 33.8 Å². The third kappa shape index (κ3) is 4.78. The monoisotopic (exact) mass is 384 g/mol. The van der Waals surface area contributed by atoms with Crippen molar-refractivity contribution in [3.8, 4) is 6.07 Å². The van der Waals surface area contributed by atoms with Crippen LogP contribution >= 0.6 is 23.2 Å². The Morgan fingerprint density at radius 2 is 2.04 bits per heavy atom. The fourth-order valence-corrected chi connectivity index (χ4v) is 3.26. The van der Waals surface area contributed by atoms with Gasteiger partial charge in [-0.3, -0.25) is 0 Å². The summed E-state index contributed by atoms with van der Waals surface area (Å²) in [6.45, 7) is 6.51. The van der Waals surface area contributed by atoms with Gasteiger partial charge in [0.25, 0.3) is 0 Å². The van der Waals surface area contributed by atoms with Crippen molar-refractivity contribution >= 4 is 29.3 Å². The van der Waals surface area contributed by atoms with E-state index in [2.05, 4.69) is 6.07 Å². The third-order valence-electron chi connectivity index (χ3n) is 4.49. The van der Waals surface area contributed by atoms with Gasteiger partial charge in [-0.1, -0.05) is 50.0 Å². The second-order valence-electron chi connectivity index (χ2n) is 7.36. The molecule has 2 rings (SSSR count). The van der Waals surface area contributed by atoms with Gasteiger partial charge in [-0.15, -0.1) is 0 Å². The van der Waals surface area contributed by atoms with Crippen molar-refractivity contribution in [2.75, 3.05) is 13.1 Å². The number of ether oxygens (including phenoxy) is 1. The molecule has 1 fully saturated rings. The first-order valence-electron chi connectivity index (χ1n) is 8.08. The van der Waals surface area contributed by atoms with Gasteiger partial charge in [0.2, 0.25) is 0 Å². The van der Waals surface area contributed by atoms with Crippen LogP contribution in [0.4, 0.5) is 4.79 Å². The van der Waals surface area contributed by atoms with Crippen LogP contribution in [-0.2, 0) is 4.74 Å². The predicted molar refractivity (Wildman–Crippen MR) is 97.1 cm³/mol. The Morgan fingerprint density at radius 1 is 1.36 bits per heavy atom. The summed E-state index contributed by atoms with van der Waals surface area (Å²) in [6, 6.07) is 7.37.